The first kappa shape index (κ1) is 22.3. The lowest BCUT2D eigenvalue weighted by atomic mass is 10.1. The number of aryl methyl sites for hydroxylation is 1. The van der Waals surface area contributed by atoms with E-state index in [4.69, 9.17) is 14.2 Å². The lowest BCUT2D eigenvalue weighted by Gasteiger charge is -2.25. The van der Waals surface area contributed by atoms with E-state index in [0.717, 1.165) is 17.2 Å². The van der Waals surface area contributed by atoms with E-state index >= 15 is 4.39 Å². The molecule has 2 aromatic heterocycles. The van der Waals surface area contributed by atoms with Crippen molar-refractivity contribution in [3.05, 3.63) is 54.1 Å². The predicted molar refractivity (Wildman–Crippen MR) is 131 cm³/mol. The zero-order valence-corrected chi connectivity index (χ0v) is 19.7. The van der Waals surface area contributed by atoms with Crippen LogP contribution in [-0.2, 0) is 0 Å². The Balaban J connectivity index is 1.52. The van der Waals surface area contributed by atoms with Gasteiger partial charge in [0.2, 0.25) is 0 Å². The number of pyridine rings is 1. The van der Waals surface area contributed by atoms with Gasteiger partial charge in [-0.2, -0.15) is 11.8 Å². The van der Waals surface area contributed by atoms with Gasteiger partial charge in [-0.05, 0) is 44.2 Å². The molecule has 0 atom stereocenters. The van der Waals surface area contributed by atoms with Crippen LogP contribution in [0.5, 0.6) is 23.0 Å². The number of halogens is 1. The average molecular weight is 482 g/mol. The summed E-state index contributed by atoms with van der Waals surface area (Å²) in [4.78, 5) is 21.9. The summed E-state index contributed by atoms with van der Waals surface area (Å²) in [5.41, 5.74) is 2.14. The van der Waals surface area contributed by atoms with E-state index in [2.05, 4.69) is 9.97 Å². The number of H-pyrrole nitrogens is 1. The SMILES string of the molecule is CCOc1cc2nccc(Oc3ccc4[nH]c(C)cc4c3F)c2cc1OC(=O)N1CCSCC1. The van der Waals surface area contributed by atoms with Gasteiger partial charge >= 0.3 is 6.09 Å². The standard InChI is InChI=1S/C25H24FN3O4S/c1-3-31-22-14-19-16(13-23(22)33-25(30)29-8-10-34-11-9-29)20(6-7-27-19)32-21-5-4-18-17(24(21)26)12-15(2)28-18/h4-7,12-14,28H,3,8-11H2,1-2H3. The van der Waals surface area contributed by atoms with Crippen molar-refractivity contribution < 1.29 is 23.4 Å². The Morgan fingerprint density at radius 3 is 2.71 bits per heavy atom. The molecule has 1 aliphatic rings. The summed E-state index contributed by atoms with van der Waals surface area (Å²) in [6.07, 6.45) is 1.16. The molecule has 7 nitrogen and oxygen atoms in total. The van der Waals surface area contributed by atoms with Crippen LogP contribution in [0.4, 0.5) is 9.18 Å². The first-order valence-electron chi connectivity index (χ1n) is 11.1. The Morgan fingerprint density at radius 2 is 1.91 bits per heavy atom. The van der Waals surface area contributed by atoms with Crippen molar-refractivity contribution in [2.75, 3.05) is 31.2 Å². The quantitative estimate of drug-likeness (QED) is 0.382. The molecule has 176 valence electrons. The third kappa shape index (κ3) is 4.35. The van der Waals surface area contributed by atoms with Crippen LogP contribution in [0.25, 0.3) is 21.8 Å². The van der Waals surface area contributed by atoms with Crippen LogP contribution in [-0.4, -0.2) is 52.2 Å². The number of aromatic nitrogens is 2. The summed E-state index contributed by atoms with van der Waals surface area (Å²) in [7, 11) is 0. The molecule has 5 rings (SSSR count). The fraction of sp³-hybridized carbons (Fsp3) is 0.280. The zero-order chi connectivity index (χ0) is 23.7. The van der Waals surface area contributed by atoms with E-state index in [0.29, 0.717) is 53.0 Å². The normalized spacial score (nSPS) is 13.9. The van der Waals surface area contributed by atoms with E-state index in [-0.39, 0.29) is 11.5 Å². The number of rotatable bonds is 5. The van der Waals surface area contributed by atoms with E-state index in [9.17, 15) is 4.79 Å². The number of carbonyl (C=O) groups excluding carboxylic acids is 1. The highest BCUT2D eigenvalue weighted by molar-refractivity contribution is 7.99. The molecule has 0 radical (unpaired) electrons. The molecule has 0 bridgehead atoms. The van der Waals surface area contributed by atoms with Gasteiger partial charge in [-0.25, -0.2) is 9.18 Å². The van der Waals surface area contributed by atoms with Gasteiger partial charge in [0, 0.05) is 58.8 Å². The van der Waals surface area contributed by atoms with Crippen LogP contribution in [0.15, 0.2) is 42.6 Å². The second-order valence-electron chi connectivity index (χ2n) is 7.92. The molecular formula is C25H24FN3O4S. The minimum absolute atomic E-state index is 0.0947. The summed E-state index contributed by atoms with van der Waals surface area (Å²) >= 11 is 1.81. The number of thioether (sulfide) groups is 1. The summed E-state index contributed by atoms with van der Waals surface area (Å²) in [6.45, 7) is 5.40. The van der Waals surface area contributed by atoms with Crippen LogP contribution in [0.3, 0.4) is 0 Å². The number of fused-ring (bicyclic) bond motifs is 2. The third-order valence-electron chi connectivity index (χ3n) is 5.59. The van der Waals surface area contributed by atoms with Gasteiger partial charge in [-0.15, -0.1) is 0 Å². The maximum atomic E-state index is 15.1. The van der Waals surface area contributed by atoms with Crippen molar-refractivity contribution >= 4 is 39.7 Å². The largest absolute Gasteiger partial charge is 0.490 e. The summed E-state index contributed by atoms with van der Waals surface area (Å²) in [5.74, 6) is 2.48. The van der Waals surface area contributed by atoms with Crippen LogP contribution in [0.1, 0.15) is 12.6 Å². The van der Waals surface area contributed by atoms with E-state index in [1.165, 1.54) is 0 Å². The second kappa shape index (κ2) is 9.42. The number of benzene rings is 2. The molecule has 1 fully saturated rings. The first-order chi connectivity index (χ1) is 16.5. The fourth-order valence-electron chi connectivity index (χ4n) is 3.96. The average Bonchev–Trinajstić information content (AvgIpc) is 3.23. The number of hydrogen-bond donors (Lipinski definition) is 1. The van der Waals surface area contributed by atoms with Crippen LogP contribution in [0, 0.1) is 12.7 Å². The van der Waals surface area contributed by atoms with Crippen molar-refractivity contribution in [1.82, 2.24) is 14.9 Å². The Bertz CT molecular complexity index is 1370. The Hall–Kier alpha value is -3.46. The van der Waals surface area contributed by atoms with E-state index in [1.54, 1.807) is 47.5 Å². The van der Waals surface area contributed by atoms with Gasteiger partial charge < -0.3 is 24.1 Å². The molecule has 0 aliphatic carbocycles. The molecule has 1 N–H and O–H groups in total. The van der Waals surface area contributed by atoms with Gasteiger partial charge in [0.25, 0.3) is 0 Å². The number of hydrogen-bond acceptors (Lipinski definition) is 6. The molecule has 1 aliphatic heterocycles. The highest BCUT2D eigenvalue weighted by atomic mass is 32.2. The number of ether oxygens (including phenoxy) is 3. The van der Waals surface area contributed by atoms with Gasteiger partial charge in [0.15, 0.2) is 23.1 Å². The number of nitrogens with zero attached hydrogens (tertiary/aromatic N) is 2. The minimum Gasteiger partial charge on any atom is -0.490 e. The molecular weight excluding hydrogens is 457 g/mol. The van der Waals surface area contributed by atoms with E-state index in [1.807, 2.05) is 25.6 Å². The van der Waals surface area contributed by atoms with Crippen molar-refractivity contribution in [3.8, 4) is 23.0 Å². The Labute approximate surface area is 200 Å². The van der Waals surface area contributed by atoms with Crippen LogP contribution in [0.2, 0.25) is 0 Å². The highest BCUT2D eigenvalue weighted by Gasteiger charge is 2.22. The molecule has 9 heteroatoms. The molecule has 0 unspecified atom stereocenters. The molecule has 0 saturated carbocycles. The smallest absolute Gasteiger partial charge is 0.415 e. The predicted octanol–water partition coefficient (Wildman–Crippen LogP) is 5.90. The van der Waals surface area contributed by atoms with E-state index < -0.39 is 11.9 Å². The first-order valence-corrected chi connectivity index (χ1v) is 12.2. The van der Waals surface area contributed by atoms with Crippen molar-refractivity contribution in [3.63, 3.8) is 0 Å². The van der Waals surface area contributed by atoms with Gasteiger partial charge in [0.1, 0.15) is 5.75 Å². The maximum absolute atomic E-state index is 15.1. The Kier molecular flexibility index (Phi) is 6.19. The molecule has 1 saturated heterocycles. The summed E-state index contributed by atoms with van der Waals surface area (Å²) in [5, 5.41) is 1.04. The maximum Gasteiger partial charge on any atom is 0.415 e. The number of nitrogens with one attached hydrogen (secondary N) is 1. The second-order valence-corrected chi connectivity index (χ2v) is 9.14. The van der Waals surface area contributed by atoms with Crippen molar-refractivity contribution in [2.45, 2.75) is 13.8 Å². The monoisotopic (exact) mass is 481 g/mol. The lowest BCUT2D eigenvalue weighted by Crippen LogP contribution is -2.39. The fourth-order valence-corrected chi connectivity index (χ4v) is 4.86. The van der Waals surface area contributed by atoms with Gasteiger partial charge in [0.05, 0.1) is 12.1 Å². The molecule has 2 aromatic carbocycles. The Morgan fingerprint density at radius 1 is 1.09 bits per heavy atom. The summed E-state index contributed by atoms with van der Waals surface area (Å²) in [6, 6.07) is 10.1. The highest BCUT2D eigenvalue weighted by Crippen LogP contribution is 2.39. The number of aromatic amines is 1. The third-order valence-corrected chi connectivity index (χ3v) is 6.53. The van der Waals surface area contributed by atoms with Gasteiger partial charge in [-0.1, -0.05) is 0 Å². The topological polar surface area (TPSA) is 76.7 Å². The number of amides is 1. The van der Waals surface area contributed by atoms with Crippen molar-refractivity contribution in [2.24, 2.45) is 0 Å². The minimum atomic E-state index is -0.452. The molecule has 3 heterocycles. The lowest BCUT2D eigenvalue weighted by molar-refractivity contribution is 0.155. The molecule has 4 aromatic rings. The molecule has 0 spiro atoms. The number of carbonyl (C=O) groups is 1. The van der Waals surface area contributed by atoms with Crippen LogP contribution >= 0.6 is 11.8 Å². The van der Waals surface area contributed by atoms with Gasteiger partial charge in [-0.3, -0.25) is 4.98 Å². The molecule has 34 heavy (non-hydrogen) atoms. The summed E-state index contributed by atoms with van der Waals surface area (Å²) < 4.78 is 32.6. The van der Waals surface area contributed by atoms with Crippen molar-refractivity contribution in [1.29, 1.82) is 0 Å². The zero-order valence-electron chi connectivity index (χ0n) is 18.9. The molecule has 1 amide bonds. The van der Waals surface area contributed by atoms with Crippen LogP contribution < -0.4 is 14.2 Å².